The highest BCUT2D eigenvalue weighted by Gasteiger charge is 2.34. The molecule has 1 aromatic rings. The van der Waals surface area contributed by atoms with Crippen molar-refractivity contribution in [3.63, 3.8) is 0 Å². The van der Waals surface area contributed by atoms with Gasteiger partial charge in [0.1, 0.15) is 0 Å². The quantitative estimate of drug-likeness (QED) is 0.905. The zero-order valence-corrected chi connectivity index (χ0v) is 12.2. The molecule has 3 unspecified atom stereocenters. The maximum absolute atomic E-state index is 5.90. The van der Waals surface area contributed by atoms with E-state index in [1.165, 1.54) is 21.6 Å². The predicted octanol–water partition coefficient (Wildman–Crippen LogP) is 3.10. The molecule has 4 heteroatoms. The van der Waals surface area contributed by atoms with E-state index in [2.05, 4.69) is 46.9 Å². The summed E-state index contributed by atoms with van der Waals surface area (Å²) in [5, 5.41) is 0. The van der Waals surface area contributed by atoms with Crippen molar-refractivity contribution in [3.05, 3.63) is 20.8 Å². The average Bonchev–Trinajstić information content (AvgIpc) is 2.74. The Labute approximate surface area is 110 Å². The average molecular weight is 303 g/mol. The van der Waals surface area contributed by atoms with E-state index in [9.17, 15) is 0 Å². The normalized spacial score (nSPS) is 26.1. The van der Waals surface area contributed by atoms with E-state index in [4.69, 9.17) is 5.73 Å². The molecule has 0 spiro atoms. The summed E-state index contributed by atoms with van der Waals surface area (Å²) in [7, 11) is 2.19. The second-order valence-electron chi connectivity index (χ2n) is 4.81. The largest absolute Gasteiger partial charge is 0.329 e. The van der Waals surface area contributed by atoms with Crippen LogP contribution in [-0.4, -0.2) is 25.0 Å². The van der Waals surface area contributed by atoms with Crippen LogP contribution in [-0.2, 0) is 0 Å². The zero-order chi connectivity index (χ0) is 11.7. The summed E-state index contributed by atoms with van der Waals surface area (Å²) in [5.74, 6) is 1.80. The molecule has 0 bridgehead atoms. The molecule has 2 rings (SSSR count). The van der Waals surface area contributed by atoms with Gasteiger partial charge in [-0.2, -0.15) is 0 Å². The lowest BCUT2D eigenvalue weighted by molar-refractivity contribution is 0.240. The standard InChI is InChI=1S/C12H19BrN2S/c1-8-5-9(8)7-15(2)10(6-14)11-3-4-12(13)16-11/h3-4,8-10H,5-7,14H2,1-2H3. The van der Waals surface area contributed by atoms with Crippen molar-refractivity contribution in [1.29, 1.82) is 0 Å². The van der Waals surface area contributed by atoms with Gasteiger partial charge in [0.25, 0.3) is 0 Å². The second kappa shape index (κ2) is 5.17. The molecule has 2 nitrogen and oxygen atoms in total. The lowest BCUT2D eigenvalue weighted by Crippen LogP contribution is -2.31. The minimum Gasteiger partial charge on any atom is -0.329 e. The third-order valence-corrected chi connectivity index (χ3v) is 5.20. The topological polar surface area (TPSA) is 29.3 Å². The van der Waals surface area contributed by atoms with Crippen LogP contribution in [0.25, 0.3) is 0 Å². The van der Waals surface area contributed by atoms with Gasteiger partial charge in [-0.15, -0.1) is 11.3 Å². The lowest BCUT2D eigenvalue weighted by atomic mass is 10.2. The first-order valence-electron chi connectivity index (χ1n) is 5.77. The van der Waals surface area contributed by atoms with Crippen LogP contribution in [0.2, 0.25) is 0 Å². The molecule has 3 atom stereocenters. The first kappa shape index (κ1) is 12.6. The van der Waals surface area contributed by atoms with Crippen LogP contribution >= 0.6 is 27.3 Å². The number of hydrogen-bond acceptors (Lipinski definition) is 3. The summed E-state index contributed by atoms with van der Waals surface area (Å²) >= 11 is 5.30. The summed E-state index contributed by atoms with van der Waals surface area (Å²) in [6.07, 6.45) is 1.38. The van der Waals surface area contributed by atoms with E-state index < -0.39 is 0 Å². The Morgan fingerprint density at radius 3 is 2.75 bits per heavy atom. The Hall–Kier alpha value is 0.1000. The molecule has 1 heterocycles. The van der Waals surface area contributed by atoms with Crippen molar-refractivity contribution in [2.24, 2.45) is 17.6 Å². The number of likely N-dealkylation sites (N-methyl/N-ethyl adjacent to an activating group) is 1. The summed E-state index contributed by atoms with van der Waals surface area (Å²) in [6, 6.07) is 4.67. The second-order valence-corrected chi connectivity index (χ2v) is 7.30. The number of thiophene rings is 1. The van der Waals surface area contributed by atoms with Crippen LogP contribution in [0.3, 0.4) is 0 Å². The highest BCUT2D eigenvalue weighted by Crippen LogP contribution is 2.39. The van der Waals surface area contributed by atoms with Gasteiger partial charge >= 0.3 is 0 Å². The molecule has 0 aliphatic heterocycles. The molecule has 2 N–H and O–H groups in total. The Kier molecular flexibility index (Phi) is 4.06. The third kappa shape index (κ3) is 2.86. The molecule has 1 aliphatic rings. The van der Waals surface area contributed by atoms with E-state index in [1.807, 2.05) is 0 Å². The van der Waals surface area contributed by atoms with Gasteiger partial charge < -0.3 is 5.73 Å². The highest BCUT2D eigenvalue weighted by molar-refractivity contribution is 9.11. The maximum Gasteiger partial charge on any atom is 0.0702 e. The minimum absolute atomic E-state index is 0.379. The molecule has 90 valence electrons. The molecule has 0 aromatic carbocycles. The lowest BCUT2D eigenvalue weighted by Gasteiger charge is -2.26. The van der Waals surface area contributed by atoms with Gasteiger partial charge in [-0.1, -0.05) is 6.92 Å². The van der Waals surface area contributed by atoms with Crippen molar-refractivity contribution in [3.8, 4) is 0 Å². The molecular formula is C12H19BrN2S. The Balaban J connectivity index is 1.98. The molecule has 1 aliphatic carbocycles. The molecular weight excluding hydrogens is 284 g/mol. The van der Waals surface area contributed by atoms with Crippen molar-refractivity contribution >= 4 is 27.3 Å². The molecule has 1 aromatic heterocycles. The summed E-state index contributed by atoms with van der Waals surface area (Å²) in [5.41, 5.74) is 5.90. The van der Waals surface area contributed by atoms with Crippen molar-refractivity contribution in [1.82, 2.24) is 4.90 Å². The van der Waals surface area contributed by atoms with Crippen LogP contribution < -0.4 is 5.73 Å². The first-order valence-corrected chi connectivity index (χ1v) is 7.38. The van der Waals surface area contributed by atoms with E-state index in [1.54, 1.807) is 11.3 Å². The van der Waals surface area contributed by atoms with Crippen LogP contribution in [0, 0.1) is 11.8 Å². The van der Waals surface area contributed by atoms with Gasteiger partial charge in [-0.3, -0.25) is 4.90 Å². The fraction of sp³-hybridized carbons (Fsp3) is 0.667. The zero-order valence-electron chi connectivity index (χ0n) is 9.82. The molecule has 0 saturated heterocycles. The SMILES string of the molecule is CC1CC1CN(C)C(CN)c1ccc(Br)s1. The highest BCUT2D eigenvalue weighted by atomic mass is 79.9. The van der Waals surface area contributed by atoms with Gasteiger partial charge in [0.05, 0.1) is 9.83 Å². The van der Waals surface area contributed by atoms with E-state index in [-0.39, 0.29) is 0 Å². The van der Waals surface area contributed by atoms with Crippen LogP contribution in [0.4, 0.5) is 0 Å². The van der Waals surface area contributed by atoms with Gasteiger partial charge in [-0.05, 0) is 53.4 Å². The van der Waals surface area contributed by atoms with Crippen LogP contribution in [0.5, 0.6) is 0 Å². The van der Waals surface area contributed by atoms with Gasteiger partial charge in [0.2, 0.25) is 0 Å². The van der Waals surface area contributed by atoms with E-state index in [0.29, 0.717) is 12.6 Å². The van der Waals surface area contributed by atoms with Crippen LogP contribution in [0.15, 0.2) is 15.9 Å². The third-order valence-electron chi connectivity index (χ3n) is 3.48. The van der Waals surface area contributed by atoms with E-state index >= 15 is 0 Å². The maximum atomic E-state index is 5.90. The van der Waals surface area contributed by atoms with Crippen molar-refractivity contribution in [2.45, 2.75) is 19.4 Å². The van der Waals surface area contributed by atoms with Crippen molar-refractivity contribution < 1.29 is 0 Å². The number of hydrogen-bond donors (Lipinski definition) is 1. The Morgan fingerprint density at radius 2 is 2.31 bits per heavy atom. The van der Waals surface area contributed by atoms with Gasteiger partial charge in [-0.25, -0.2) is 0 Å². The van der Waals surface area contributed by atoms with Gasteiger partial charge in [0, 0.05) is 18.0 Å². The molecule has 0 radical (unpaired) electrons. The molecule has 16 heavy (non-hydrogen) atoms. The summed E-state index contributed by atoms with van der Waals surface area (Å²) < 4.78 is 1.19. The summed E-state index contributed by atoms with van der Waals surface area (Å²) in [4.78, 5) is 3.78. The number of rotatable bonds is 5. The number of nitrogens with zero attached hydrogens (tertiary/aromatic N) is 1. The fourth-order valence-corrected chi connectivity index (χ4v) is 3.77. The number of halogens is 1. The summed E-state index contributed by atoms with van der Waals surface area (Å²) in [6.45, 7) is 4.21. The molecule has 0 amide bonds. The smallest absolute Gasteiger partial charge is 0.0702 e. The Morgan fingerprint density at radius 1 is 1.62 bits per heavy atom. The molecule has 1 saturated carbocycles. The van der Waals surface area contributed by atoms with Crippen molar-refractivity contribution in [2.75, 3.05) is 20.1 Å². The van der Waals surface area contributed by atoms with Gasteiger partial charge in [0.15, 0.2) is 0 Å². The predicted molar refractivity (Wildman–Crippen MR) is 73.7 cm³/mol. The Bertz CT molecular complexity index is 353. The molecule has 1 fully saturated rings. The number of nitrogens with two attached hydrogens (primary N) is 1. The van der Waals surface area contributed by atoms with Crippen LogP contribution in [0.1, 0.15) is 24.3 Å². The first-order chi connectivity index (χ1) is 7.61. The monoisotopic (exact) mass is 302 g/mol. The minimum atomic E-state index is 0.379. The fourth-order valence-electron chi connectivity index (χ4n) is 2.17. The van der Waals surface area contributed by atoms with E-state index in [0.717, 1.165) is 11.8 Å².